The molecule has 3 N–H and O–H groups in total. The smallest absolute Gasteiger partial charge is 0.309 e. The highest BCUT2D eigenvalue weighted by Gasteiger charge is 2.41. The predicted molar refractivity (Wildman–Crippen MR) is 151 cm³/mol. The van der Waals surface area contributed by atoms with Crippen molar-refractivity contribution < 1.29 is 24.6 Å². The van der Waals surface area contributed by atoms with Crippen LogP contribution in [-0.2, 0) is 26.2 Å². The number of hydroxylamine groups is 1. The molecule has 0 spiro atoms. The first-order valence-electron chi connectivity index (χ1n) is 13.5. The van der Waals surface area contributed by atoms with Gasteiger partial charge in [-0.25, -0.2) is 4.98 Å². The molecule has 0 aliphatic rings. The van der Waals surface area contributed by atoms with E-state index in [4.69, 9.17) is 19.7 Å². The molecule has 0 aromatic carbocycles. The largest absolute Gasteiger partial charge is 0.481 e. The lowest BCUT2D eigenvalue weighted by atomic mass is 9.70. The minimum atomic E-state index is -0.812. The third kappa shape index (κ3) is 11.3. The van der Waals surface area contributed by atoms with Crippen LogP contribution in [0.2, 0.25) is 0 Å². The lowest BCUT2D eigenvalue weighted by molar-refractivity contribution is -0.170. The lowest BCUT2D eigenvalue weighted by Crippen LogP contribution is -2.43. The van der Waals surface area contributed by atoms with Gasteiger partial charge in [0.05, 0.1) is 46.1 Å². The summed E-state index contributed by atoms with van der Waals surface area (Å²) in [5, 5.41) is 21.7. The zero-order valence-corrected chi connectivity index (χ0v) is 26.3. The Morgan fingerprint density at radius 2 is 1.54 bits per heavy atom. The van der Waals surface area contributed by atoms with Crippen molar-refractivity contribution in [3.63, 3.8) is 0 Å². The van der Waals surface area contributed by atoms with Crippen LogP contribution in [0.1, 0.15) is 126 Å². The zero-order chi connectivity index (χ0) is 28.9. The monoisotopic (exact) mass is 542 g/mol. The number of aromatic nitrogens is 1. The molecule has 0 amide bonds. The van der Waals surface area contributed by atoms with Gasteiger partial charge in [-0.05, 0) is 86.0 Å². The molecule has 0 aliphatic heterocycles. The first-order valence-corrected chi connectivity index (χ1v) is 14.4. The summed E-state index contributed by atoms with van der Waals surface area (Å²) in [6, 6.07) is 0. The molecule has 1 rings (SSSR count). The van der Waals surface area contributed by atoms with Crippen molar-refractivity contribution in [1.29, 1.82) is 0 Å². The molecule has 1 aromatic heterocycles. The van der Waals surface area contributed by atoms with Crippen LogP contribution in [0.5, 0.6) is 0 Å². The van der Waals surface area contributed by atoms with E-state index in [0.717, 1.165) is 23.5 Å². The average Bonchev–Trinajstić information content (AvgIpc) is 3.14. The van der Waals surface area contributed by atoms with E-state index in [9.17, 15) is 9.90 Å². The second-order valence-corrected chi connectivity index (χ2v) is 15.1. The Morgan fingerprint density at radius 1 is 0.946 bits per heavy atom. The summed E-state index contributed by atoms with van der Waals surface area (Å²) in [4.78, 5) is 16.5. The van der Waals surface area contributed by atoms with Gasteiger partial charge in [-0.1, -0.05) is 34.6 Å². The van der Waals surface area contributed by atoms with Crippen molar-refractivity contribution in [3.8, 4) is 0 Å². The minimum absolute atomic E-state index is 0.0174. The van der Waals surface area contributed by atoms with Crippen LogP contribution in [-0.4, -0.2) is 44.7 Å². The maximum atomic E-state index is 11.8. The summed E-state index contributed by atoms with van der Waals surface area (Å²) in [5.74, 6) is -0.780. The molecule has 0 aliphatic carbocycles. The fourth-order valence-corrected chi connectivity index (χ4v) is 6.96. The van der Waals surface area contributed by atoms with Crippen molar-refractivity contribution in [3.05, 3.63) is 16.1 Å². The molecule has 0 saturated carbocycles. The molecule has 1 heterocycles. The molecule has 37 heavy (non-hydrogen) atoms. The Morgan fingerprint density at radius 3 is 2.05 bits per heavy atom. The number of nitrogens with zero attached hydrogens (tertiary/aromatic N) is 1. The van der Waals surface area contributed by atoms with E-state index < -0.39 is 22.6 Å². The van der Waals surface area contributed by atoms with Crippen molar-refractivity contribution in [2.75, 3.05) is 6.61 Å². The summed E-state index contributed by atoms with van der Waals surface area (Å²) in [6.45, 7) is 26.0. The number of carbonyl (C=O) groups is 1. The van der Waals surface area contributed by atoms with Crippen LogP contribution < -0.4 is 5.48 Å². The van der Waals surface area contributed by atoms with Gasteiger partial charge in [-0.2, -0.15) is 5.48 Å². The van der Waals surface area contributed by atoms with Crippen LogP contribution in [0, 0.1) is 10.8 Å². The van der Waals surface area contributed by atoms with E-state index >= 15 is 0 Å². The van der Waals surface area contributed by atoms with Gasteiger partial charge in [0.15, 0.2) is 0 Å². The number of aliphatic carboxylic acids is 1. The highest BCUT2D eigenvalue weighted by atomic mass is 32.1. The summed E-state index contributed by atoms with van der Waals surface area (Å²) in [5.41, 5.74) is 0.812. The highest BCUT2D eigenvalue weighted by Crippen LogP contribution is 2.43. The van der Waals surface area contributed by atoms with E-state index in [2.05, 4.69) is 60.9 Å². The maximum absolute atomic E-state index is 11.8. The molecular formula is C29H54N2O5S. The molecule has 1 atom stereocenters. The van der Waals surface area contributed by atoms with Crippen LogP contribution in [0.3, 0.4) is 0 Å². The number of thiazole rings is 1. The number of hydrogen-bond acceptors (Lipinski definition) is 7. The summed E-state index contributed by atoms with van der Waals surface area (Å²) < 4.78 is 12.9. The SMILES string of the molecule is CCC(C)(CC(C)(C)OC(C)(C)CCOC(C)(C)CC(C)(C)CC(C)(C)c1nc(CNO)cs1)C(=O)O. The fourth-order valence-electron chi connectivity index (χ4n) is 6.02. The van der Waals surface area contributed by atoms with Crippen molar-refractivity contribution >= 4 is 17.3 Å². The predicted octanol–water partition coefficient (Wildman–Crippen LogP) is 7.36. The van der Waals surface area contributed by atoms with Gasteiger partial charge in [-0.15, -0.1) is 11.3 Å². The van der Waals surface area contributed by atoms with Crippen molar-refractivity contribution in [1.82, 2.24) is 10.5 Å². The molecule has 1 aromatic rings. The van der Waals surface area contributed by atoms with Crippen molar-refractivity contribution in [2.45, 2.75) is 144 Å². The summed E-state index contributed by atoms with van der Waals surface area (Å²) in [7, 11) is 0. The normalized spacial score (nSPS) is 15.6. The molecule has 0 bridgehead atoms. The van der Waals surface area contributed by atoms with Crippen LogP contribution in [0.25, 0.3) is 0 Å². The Bertz CT molecular complexity index is 875. The molecule has 0 saturated heterocycles. The van der Waals surface area contributed by atoms with Crippen LogP contribution in [0.4, 0.5) is 0 Å². The number of carboxylic acid groups (broad SMARTS) is 1. The van der Waals surface area contributed by atoms with E-state index in [1.807, 2.05) is 26.2 Å². The third-order valence-corrected chi connectivity index (χ3v) is 8.33. The second-order valence-electron chi connectivity index (χ2n) is 14.3. The van der Waals surface area contributed by atoms with Gasteiger partial charge in [0.25, 0.3) is 0 Å². The number of rotatable bonds is 17. The first-order chi connectivity index (χ1) is 16.6. The van der Waals surface area contributed by atoms with Gasteiger partial charge in [-0.3, -0.25) is 4.79 Å². The Balaban J connectivity index is 2.71. The first kappa shape index (κ1) is 34.0. The van der Waals surface area contributed by atoms with E-state index in [1.54, 1.807) is 18.3 Å². The summed E-state index contributed by atoms with van der Waals surface area (Å²) >= 11 is 1.64. The molecule has 7 nitrogen and oxygen atoms in total. The Kier molecular flexibility index (Phi) is 11.4. The van der Waals surface area contributed by atoms with Gasteiger partial charge < -0.3 is 19.8 Å². The fraction of sp³-hybridized carbons (Fsp3) is 0.862. The van der Waals surface area contributed by atoms with Crippen LogP contribution >= 0.6 is 11.3 Å². The molecule has 8 heteroatoms. The lowest BCUT2D eigenvalue weighted by Gasteiger charge is -2.41. The van der Waals surface area contributed by atoms with Gasteiger partial charge in [0, 0.05) is 10.8 Å². The third-order valence-electron chi connectivity index (χ3n) is 7.08. The number of ether oxygens (including phenoxy) is 2. The molecular weight excluding hydrogens is 488 g/mol. The van der Waals surface area contributed by atoms with Gasteiger partial charge >= 0.3 is 5.97 Å². The van der Waals surface area contributed by atoms with E-state index in [1.165, 1.54) is 0 Å². The van der Waals surface area contributed by atoms with E-state index in [0.29, 0.717) is 32.4 Å². The highest BCUT2D eigenvalue weighted by molar-refractivity contribution is 7.09. The minimum Gasteiger partial charge on any atom is -0.481 e. The number of nitrogens with one attached hydrogen (secondary N) is 1. The van der Waals surface area contributed by atoms with Crippen LogP contribution in [0.15, 0.2) is 5.38 Å². The zero-order valence-electron chi connectivity index (χ0n) is 25.5. The standard InChI is InChI=1S/C29H54N2O5S/c1-13-29(12,23(32)33)20-28(10,11)36-26(6,7)14-15-35-27(8,9)19-24(2,3)18-25(4,5)22-31-21(16-30-34)17-37-22/h17,30,34H,13-16,18-20H2,1-12H3,(H,32,33). The van der Waals surface area contributed by atoms with Crippen molar-refractivity contribution in [2.24, 2.45) is 10.8 Å². The van der Waals surface area contributed by atoms with E-state index in [-0.39, 0.29) is 16.4 Å². The Labute approximate surface area is 229 Å². The average molecular weight is 543 g/mol. The topological polar surface area (TPSA) is 101 Å². The molecule has 0 radical (unpaired) electrons. The second kappa shape index (κ2) is 12.4. The maximum Gasteiger partial charge on any atom is 0.309 e. The number of carboxylic acids is 1. The summed E-state index contributed by atoms with van der Waals surface area (Å²) in [6.07, 6.45) is 3.56. The molecule has 1 unspecified atom stereocenters. The van der Waals surface area contributed by atoms with Gasteiger partial charge in [0.2, 0.25) is 0 Å². The van der Waals surface area contributed by atoms with Gasteiger partial charge in [0.1, 0.15) is 0 Å². The molecule has 216 valence electrons. The number of hydrogen-bond donors (Lipinski definition) is 3. The molecule has 0 fully saturated rings. The Hall–Kier alpha value is -1.06. The quantitative estimate of drug-likeness (QED) is 0.177.